The fourth-order valence-corrected chi connectivity index (χ4v) is 10.3. The number of fused-ring (bicyclic) bond motifs is 7. The van der Waals surface area contributed by atoms with Gasteiger partial charge in [-0.2, -0.15) is 0 Å². The summed E-state index contributed by atoms with van der Waals surface area (Å²) < 4.78 is 8.92. The molecule has 0 saturated carbocycles. The highest BCUT2D eigenvalue weighted by atomic mass is 32.1. The summed E-state index contributed by atoms with van der Waals surface area (Å²) in [5.41, 5.74) is 14.5. The Balaban J connectivity index is 0.963. The number of nitrogens with zero attached hydrogens (tertiary/aromatic N) is 1. The van der Waals surface area contributed by atoms with E-state index in [0.29, 0.717) is 0 Å². The summed E-state index contributed by atoms with van der Waals surface area (Å²) in [4.78, 5) is 2.38. The molecule has 0 aliphatic carbocycles. The van der Waals surface area contributed by atoms with Crippen LogP contribution >= 0.6 is 11.3 Å². The van der Waals surface area contributed by atoms with Crippen LogP contribution in [0.5, 0.6) is 0 Å². The van der Waals surface area contributed by atoms with Crippen LogP contribution in [0.1, 0.15) is 0 Å². The molecule has 12 rings (SSSR count). The molecule has 3 heteroatoms. The summed E-state index contributed by atoms with van der Waals surface area (Å²) in [5, 5.41) is 7.38. The molecule has 0 radical (unpaired) electrons. The monoisotopic (exact) mass is 795 g/mol. The molecule has 12 aromatic rings. The van der Waals surface area contributed by atoms with Crippen LogP contribution in [0.15, 0.2) is 229 Å². The normalized spacial score (nSPS) is 11.6. The zero-order chi connectivity index (χ0) is 40.3. The molecule has 0 N–H and O–H groups in total. The Morgan fingerprint density at radius 2 is 0.869 bits per heavy atom. The van der Waals surface area contributed by atoms with Crippen LogP contribution in [0, 0.1) is 0 Å². The fraction of sp³-hybridized carbons (Fsp3) is 0. The van der Waals surface area contributed by atoms with E-state index in [9.17, 15) is 0 Å². The summed E-state index contributed by atoms with van der Waals surface area (Å²) in [6.45, 7) is 0. The van der Waals surface area contributed by atoms with Crippen LogP contribution in [0.25, 0.3) is 97.4 Å². The van der Waals surface area contributed by atoms with Crippen LogP contribution in [0.2, 0.25) is 0 Å². The van der Waals surface area contributed by atoms with Gasteiger partial charge >= 0.3 is 0 Å². The zero-order valence-electron chi connectivity index (χ0n) is 33.1. The Hall–Kier alpha value is -7.72. The molecule has 0 bridgehead atoms. The maximum absolute atomic E-state index is 6.27. The first-order valence-corrected chi connectivity index (χ1v) is 21.5. The highest BCUT2D eigenvalue weighted by Crippen LogP contribution is 2.43. The lowest BCUT2D eigenvalue weighted by Crippen LogP contribution is -2.10. The van der Waals surface area contributed by atoms with Gasteiger partial charge in [-0.15, -0.1) is 11.3 Å². The minimum Gasteiger partial charge on any atom is -0.456 e. The number of benzene rings is 10. The van der Waals surface area contributed by atoms with Gasteiger partial charge in [0, 0.05) is 48.0 Å². The zero-order valence-corrected chi connectivity index (χ0v) is 33.9. The molecule has 10 aromatic carbocycles. The van der Waals surface area contributed by atoms with Crippen molar-refractivity contribution in [3.63, 3.8) is 0 Å². The van der Waals surface area contributed by atoms with Crippen LogP contribution < -0.4 is 4.90 Å². The van der Waals surface area contributed by atoms with Crippen molar-refractivity contribution in [3.8, 4) is 44.5 Å². The van der Waals surface area contributed by atoms with Crippen molar-refractivity contribution in [2.45, 2.75) is 0 Å². The lowest BCUT2D eigenvalue weighted by Gasteiger charge is -2.27. The number of furan rings is 1. The number of hydrogen-bond acceptors (Lipinski definition) is 3. The van der Waals surface area contributed by atoms with E-state index >= 15 is 0 Å². The summed E-state index contributed by atoms with van der Waals surface area (Å²) >= 11 is 1.88. The standard InChI is InChI=1S/C58H37NOS/c1-2-20-48-39(12-1)13-10-23-49(48)44-17-9-19-47(36-44)59(45-31-28-38(29-32-45)42-30-33-52-51-21-3-5-26-55(51)60-56(52)37-42)46-18-8-15-41(35-46)40-14-7-16-43(34-40)50-24-11-25-54-53-22-4-6-27-57(53)61-58(50)54/h1-37H. The van der Waals surface area contributed by atoms with Crippen LogP contribution in [0.3, 0.4) is 0 Å². The van der Waals surface area contributed by atoms with E-state index < -0.39 is 0 Å². The van der Waals surface area contributed by atoms with Crippen LogP contribution in [-0.2, 0) is 0 Å². The summed E-state index contributed by atoms with van der Waals surface area (Å²) in [5.74, 6) is 0. The van der Waals surface area contributed by atoms with E-state index in [4.69, 9.17) is 4.42 Å². The van der Waals surface area contributed by atoms with Crippen molar-refractivity contribution in [3.05, 3.63) is 224 Å². The minimum absolute atomic E-state index is 0.899. The van der Waals surface area contributed by atoms with Crippen LogP contribution in [0.4, 0.5) is 17.1 Å². The van der Waals surface area contributed by atoms with Gasteiger partial charge in [-0.25, -0.2) is 0 Å². The smallest absolute Gasteiger partial charge is 0.136 e. The molecule has 0 unspecified atom stereocenters. The predicted molar refractivity (Wildman–Crippen MR) is 261 cm³/mol. The lowest BCUT2D eigenvalue weighted by atomic mass is 9.97. The summed E-state index contributed by atoms with van der Waals surface area (Å²) in [7, 11) is 0. The molecule has 0 aliphatic heterocycles. The highest BCUT2D eigenvalue weighted by molar-refractivity contribution is 7.26. The molecular formula is C58H37NOS. The second-order valence-corrected chi connectivity index (χ2v) is 16.7. The maximum Gasteiger partial charge on any atom is 0.136 e. The molecule has 286 valence electrons. The van der Waals surface area contributed by atoms with Gasteiger partial charge in [0.2, 0.25) is 0 Å². The number of rotatable bonds is 7. The van der Waals surface area contributed by atoms with E-state index in [1.807, 2.05) is 23.5 Å². The van der Waals surface area contributed by atoms with Crippen molar-refractivity contribution in [1.82, 2.24) is 0 Å². The quantitative estimate of drug-likeness (QED) is 0.160. The molecule has 2 aromatic heterocycles. The number of para-hydroxylation sites is 1. The van der Waals surface area contributed by atoms with Gasteiger partial charge in [0.1, 0.15) is 11.2 Å². The van der Waals surface area contributed by atoms with E-state index in [-0.39, 0.29) is 0 Å². The van der Waals surface area contributed by atoms with Gasteiger partial charge in [0.25, 0.3) is 0 Å². The van der Waals surface area contributed by atoms with Gasteiger partial charge in [-0.05, 0) is 122 Å². The van der Waals surface area contributed by atoms with Gasteiger partial charge in [-0.1, -0.05) is 158 Å². The van der Waals surface area contributed by atoms with Gasteiger partial charge < -0.3 is 9.32 Å². The Morgan fingerprint density at radius 3 is 1.72 bits per heavy atom. The van der Waals surface area contributed by atoms with E-state index in [1.165, 1.54) is 58.8 Å². The van der Waals surface area contributed by atoms with E-state index in [1.54, 1.807) is 0 Å². The average Bonchev–Trinajstić information content (AvgIpc) is 3.90. The molecule has 2 heterocycles. The van der Waals surface area contributed by atoms with E-state index in [2.05, 4.69) is 217 Å². The van der Waals surface area contributed by atoms with Crippen molar-refractivity contribution in [2.24, 2.45) is 0 Å². The van der Waals surface area contributed by atoms with Crippen molar-refractivity contribution >= 4 is 81.3 Å². The predicted octanol–water partition coefficient (Wildman–Crippen LogP) is 17.2. The largest absolute Gasteiger partial charge is 0.456 e. The molecule has 0 spiro atoms. The number of anilines is 3. The van der Waals surface area contributed by atoms with Crippen molar-refractivity contribution < 1.29 is 4.42 Å². The third kappa shape index (κ3) is 6.18. The Bertz CT molecular complexity index is 3610. The Morgan fingerprint density at radius 1 is 0.311 bits per heavy atom. The fourth-order valence-electron chi connectivity index (χ4n) is 9.11. The van der Waals surface area contributed by atoms with Crippen molar-refractivity contribution in [1.29, 1.82) is 0 Å². The summed E-state index contributed by atoms with van der Waals surface area (Å²) in [6, 6.07) is 81.2. The first kappa shape index (κ1) is 35.2. The van der Waals surface area contributed by atoms with Crippen molar-refractivity contribution in [2.75, 3.05) is 4.90 Å². The molecule has 0 aliphatic rings. The minimum atomic E-state index is 0.899. The molecule has 0 amide bonds. The van der Waals surface area contributed by atoms with E-state index in [0.717, 1.165) is 55.7 Å². The van der Waals surface area contributed by atoms with Gasteiger partial charge in [0.15, 0.2) is 0 Å². The lowest BCUT2D eigenvalue weighted by molar-refractivity contribution is 0.669. The van der Waals surface area contributed by atoms with Gasteiger partial charge in [-0.3, -0.25) is 0 Å². The maximum atomic E-state index is 6.27. The SMILES string of the molecule is c1cc(-c2cccc(N(c3ccc(-c4ccc5c(c4)oc4ccccc45)cc3)c3cccc(-c4cccc5ccccc45)c3)c2)cc(-c2cccc3c2sc2ccccc23)c1. The molecule has 0 saturated heterocycles. The molecule has 2 nitrogen and oxygen atoms in total. The second-order valence-electron chi connectivity index (χ2n) is 15.7. The third-order valence-corrected chi connectivity index (χ3v) is 13.3. The molecular weight excluding hydrogens is 759 g/mol. The summed E-state index contributed by atoms with van der Waals surface area (Å²) in [6.07, 6.45) is 0. The molecule has 61 heavy (non-hydrogen) atoms. The average molecular weight is 796 g/mol. The topological polar surface area (TPSA) is 16.4 Å². The highest BCUT2D eigenvalue weighted by Gasteiger charge is 2.17. The number of hydrogen-bond donors (Lipinski definition) is 0. The first-order chi connectivity index (χ1) is 30.2. The molecule has 0 fully saturated rings. The number of thiophene rings is 1. The Labute approximate surface area is 357 Å². The molecule has 0 atom stereocenters. The van der Waals surface area contributed by atoms with Crippen LogP contribution in [-0.4, -0.2) is 0 Å². The first-order valence-electron chi connectivity index (χ1n) is 20.7. The second kappa shape index (κ2) is 14.5. The third-order valence-electron chi connectivity index (χ3n) is 12.1. The Kier molecular flexibility index (Phi) is 8.39. The van der Waals surface area contributed by atoms with Gasteiger partial charge in [0.05, 0.1) is 0 Å².